The highest BCUT2D eigenvalue weighted by molar-refractivity contribution is 7.92. The van der Waals surface area contributed by atoms with E-state index in [1.165, 1.54) is 23.5 Å². The highest BCUT2D eigenvalue weighted by atomic mass is 35.5. The number of carbonyl (C=O) groups is 1. The Balaban J connectivity index is 1.41. The fourth-order valence-corrected chi connectivity index (χ4v) is 6.01. The Hall–Kier alpha value is -2.60. The van der Waals surface area contributed by atoms with E-state index in [0.717, 1.165) is 0 Å². The topological polar surface area (TPSA) is 120 Å². The summed E-state index contributed by atoms with van der Waals surface area (Å²) in [5, 5.41) is 7.17. The summed E-state index contributed by atoms with van der Waals surface area (Å²) >= 11 is 7.11. The molecule has 2 aromatic heterocycles. The van der Waals surface area contributed by atoms with Crippen molar-refractivity contribution < 1.29 is 22.8 Å². The summed E-state index contributed by atoms with van der Waals surface area (Å²) < 4.78 is 30.3. The van der Waals surface area contributed by atoms with Gasteiger partial charge in [0.15, 0.2) is 26.8 Å². The zero-order valence-electron chi connectivity index (χ0n) is 17.2. The van der Waals surface area contributed by atoms with Gasteiger partial charge < -0.3 is 9.57 Å². The van der Waals surface area contributed by atoms with Crippen LogP contribution in [-0.4, -0.2) is 54.6 Å². The first kappa shape index (κ1) is 22.2. The molecule has 3 aromatic rings. The summed E-state index contributed by atoms with van der Waals surface area (Å²) in [5.74, 6) is -0.545. The molecular formula is C21H19ClN4O5S2. The highest BCUT2D eigenvalue weighted by Crippen LogP contribution is 2.33. The maximum absolute atomic E-state index is 13.1. The molecule has 0 unspecified atom stereocenters. The first-order valence-electron chi connectivity index (χ1n) is 10.3. The predicted molar refractivity (Wildman–Crippen MR) is 125 cm³/mol. The molecule has 172 valence electrons. The summed E-state index contributed by atoms with van der Waals surface area (Å²) in [6, 6.07) is 9.44. The van der Waals surface area contributed by atoms with Crippen LogP contribution in [0.2, 0.25) is 5.15 Å². The molecule has 2 fully saturated rings. The molecule has 5 rings (SSSR count). The van der Waals surface area contributed by atoms with Gasteiger partial charge in [-0.25, -0.2) is 18.4 Å². The van der Waals surface area contributed by atoms with Crippen LogP contribution in [0.1, 0.15) is 24.8 Å². The Kier molecular flexibility index (Phi) is 6.04. The largest absolute Gasteiger partial charge is 0.389 e. The lowest BCUT2D eigenvalue weighted by molar-refractivity contribution is -0.110. The van der Waals surface area contributed by atoms with E-state index >= 15 is 0 Å². The van der Waals surface area contributed by atoms with Crippen molar-refractivity contribution in [2.24, 2.45) is 5.16 Å². The van der Waals surface area contributed by atoms with Crippen LogP contribution < -0.4 is 5.32 Å². The third-order valence-electron chi connectivity index (χ3n) is 5.26. The minimum Gasteiger partial charge on any atom is -0.389 e. The van der Waals surface area contributed by atoms with Crippen LogP contribution >= 0.6 is 22.9 Å². The van der Waals surface area contributed by atoms with Crippen molar-refractivity contribution in [1.29, 1.82) is 0 Å². The van der Waals surface area contributed by atoms with Crippen molar-refractivity contribution in [1.82, 2.24) is 9.97 Å². The number of nitrogens with zero attached hydrogens (tertiary/aromatic N) is 3. The van der Waals surface area contributed by atoms with E-state index in [4.69, 9.17) is 21.2 Å². The van der Waals surface area contributed by atoms with Crippen LogP contribution in [0.25, 0.3) is 10.3 Å². The van der Waals surface area contributed by atoms with Gasteiger partial charge in [-0.1, -0.05) is 40.2 Å². The van der Waals surface area contributed by atoms with Gasteiger partial charge in [0.2, 0.25) is 0 Å². The fraction of sp³-hybridized carbons (Fsp3) is 0.333. The third-order valence-corrected chi connectivity index (χ3v) is 8.63. The van der Waals surface area contributed by atoms with Crippen LogP contribution in [0.5, 0.6) is 0 Å². The van der Waals surface area contributed by atoms with Crippen molar-refractivity contribution in [3.05, 3.63) is 47.1 Å². The number of thiazole rings is 1. The zero-order chi connectivity index (χ0) is 23.0. The number of halogens is 1. The lowest BCUT2D eigenvalue weighted by Crippen LogP contribution is -2.25. The molecule has 2 aliphatic rings. The number of amides is 1. The average Bonchev–Trinajstić information content (AvgIpc) is 3.40. The SMILES string of the molecule is O=C(Nc1nc2ccc(Cl)nc2s1)/C(=N/O[C@@H]1CCOC1)c1ccc(S(=O)(=O)C2CC2)cc1. The minimum atomic E-state index is -3.34. The third kappa shape index (κ3) is 4.86. The van der Waals surface area contributed by atoms with E-state index in [0.29, 0.717) is 58.7 Å². The summed E-state index contributed by atoms with van der Waals surface area (Å²) in [6.45, 7) is 0.956. The second-order valence-corrected chi connectivity index (χ2v) is 11.3. The first-order chi connectivity index (χ1) is 15.9. The van der Waals surface area contributed by atoms with Crippen molar-refractivity contribution in [3.8, 4) is 0 Å². The molecule has 0 spiro atoms. The molecule has 1 N–H and O–H groups in total. The van der Waals surface area contributed by atoms with Crippen molar-refractivity contribution in [2.45, 2.75) is 35.5 Å². The Morgan fingerprint density at radius 3 is 2.64 bits per heavy atom. The van der Waals surface area contributed by atoms with E-state index in [9.17, 15) is 13.2 Å². The summed E-state index contributed by atoms with van der Waals surface area (Å²) in [5.41, 5.74) is 1.03. The van der Waals surface area contributed by atoms with E-state index < -0.39 is 15.7 Å². The number of ether oxygens (including phenoxy) is 1. The number of hydrogen-bond acceptors (Lipinski definition) is 9. The number of aromatic nitrogens is 2. The van der Waals surface area contributed by atoms with Crippen molar-refractivity contribution in [2.75, 3.05) is 18.5 Å². The second kappa shape index (κ2) is 8.98. The van der Waals surface area contributed by atoms with Gasteiger partial charge in [-0.2, -0.15) is 0 Å². The molecule has 0 bridgehead atoms. The van der Waals surface area contributed by atoms with Gasteiger partial charge in [0, 0.05) is 12.0 Å². The molecule has 1 aliphatic heterocycles. The van der Waals surface area contributed by atoms with Crippen LogP contribution in [0.4, 0.5) is 5.13 Å². The van der Waals surface area contributed by atoms with Gasteiger partial charge in [0.1, 0.15) is 15.5 Å². The predicted octanol–water partition coefficient (Wildman–Crippen LogP) is 3.43. The average molecular weight is 507 g/mol. The standard InChI is InChI=1S/C21H19ClN4O5S2/c22-17-8-7-16-20(24-17)32-21(23-16)25-19(27)18(26-31-13-9-10-30-11-13)12-1-3-14(4-2-12)33(28,29)15-5-6-15/h1-4,7-8,13,15H,5-6,9-11H2,(H,23,25,27)/b26-18+/t13-/m1/s1. The smallest absolute Gasteiger partial charge is 0.280 e. The second-order valence-electron chi connectivity index (χ2n) is 7.73. The van der Waals surface area contributed by atoms with Crippen LogP contribution in [0, 0.1) is 0 Å². The van der Waals surface area contributed by atoms with Crippen molar-refractivity contribution in [3.63, 3.8) is 0 Å². The number of pyridine rings is 1. The Labute approximate surface area is 198 Å². The lowest BCUT2D eigenvalue weighted by atomic mass is 10.1. The number of rotatable bonds is 7. The summed E-state index contributed by atoms with van der Waals surface area (Å²) in [6.07, 6.45) is 1.77. The number of hydrogen-bond donors (Lipinski definition) is 1. The maximum atomic E-state index is 13.1. The first-order valence-corrected chi connectivity index (χ1v) is 13.0. The number of benzene rings is 1. The maximum Gasteiger partial charge on any atom is 0.280 e. The minimum absolute atomic E-state index is 0.00233. The molecule has 1 aliphatic carbocycles. The molecule has 1 amide bonds. The number of sulfone groups is 1. The number of fused-ring (bicyclic) bond motifs is 1. The molecule has 1 aromatic carbocycles. The lowest BCUT2D eigenvalue weighted by Gasteiger charge is -2.10. The number of carbonyl (C=O) groups excluding carboxylic acids is 1. The zero-order valence-corrected chi connectivity index (χ0v) is 19.6. The van der Waals surface area contributed by atoms with Gasteiger partial charge in [0.05, 0.1) is 23.4 Å². The molecular weight excluding hydrogens is 488 g/mol. The molecule has 1 saturated carbocycles. The van der Waals surface area contributed by atoms with Crippen LogP contribution in [0.3, 0.4) is 0 Å². The Morgan fingerprint density at radius 1 is 1.15 bits per heavy atom. The molecule has 12 heteroatoms. The van der Waals surface area contributed by atoms with Gasteiger partial charge in [-0.15, -0.1) is 0 Å². The Bertz CT molecular complexity index is 1330. The van der Waals surface area contributed by atoms with Gasteiger partial charge >= 0.3 is 0 Å². The summed E-state index contributed by atoms with van der Waals surface area (Å²) in [7, 11) is -3.34. The van der Waals surface area contributed by atoms with E-state index in [-0.39, 0.29) is 22.0 Å². The quantitative estimate of drug-likeness (QED) is 0.296. The number of anilines is 1. The Morgan fingerprint density at radius 2 is 1.94 bits per heavy atom. The van der Waals surface area contributed by atoms with E-state index in [2.05, 4.69) is 20.4 Å². The molecule has 3 heterocycles. The fourth-order valence-electron chi connectivity index (χ4n) is 3.33. The molecule has 9 nitrogen and oxygen atoms in total. The van der Waals surface area contributed by atoms with Gasteiger partial charge in [-0.05, 0) is 37.1 Å². The highest BCUT2D eigenvalue weighted by Gasteiger charge is 2.36. The van der Waals surface area contributed by atoms with E-state index in [1.54, 1.807) is 24.3 Å². The molecule has 33 heavy (non-hydrogen) atoms. The van der Waals surface area contributed by atoms with Crippen LogP contribution in [0.15, 0.2) is 46.4 Å². The van der Waals surface area contributed by atoms with Crippen LogP contribution in [-0.2, 0) is 24.2 Å². The molecule has 0 radical (unpaired) electrons. The van der Waals surface area contributed by atoms with Gasteiger partial charge in [0.25, 0.3) is 5.91 Å². The molecule has 1 atom stereocenters. The summed E-state index contributed by atoms with van der Waals surface area (Å²) in [4.78, 5) is 28.0. The number of nitrogens with one attached hydrogen (secondary N) is 1. The van der Waals surface area contributed by atoms with Gasteiger partial charge in [-0.3, -0.25) is 10.1 Å². The van der Waals surface area contributed by atoms with Crippen molar-refractivity contribution >= 4 is 59.9 Å². The monoisotopic (exact) mass is 506 g/mol. The normalized spacial score (nSPS) is 19.1. The number of oxime groups is 1. The molecule has 1 saturated heterocycles. The van der Waals surface area contributed by atoms with E-state index in [1.807, 2.05) is 0 Å².